The number of hydrogen-bond donors (Lipinski definition) is 2. The Morgan fingerprint density at radius 3 is 2.95 bits per heavy atom. The SMILES string of the molecule is Cc1ccc(-c2[nH]ncc2CNCC2COC(C)(C)O2)o1. The fourth-order valence-corrected chi connectivity index (χ4v) is 2.46. The molecule has 21 heavy (non-hydrogen) atoms. The van der Waals surface area contributed by atoms with Crippen LogP contribution in [0.1, 0.15) is 25.2 Å². The van der Waals surface area contributed by atoms with Crippen LogP contribution in [0, 0.1) is 6.92 Å². The van der Waals surface area contributed by atoms with Gasteiger partial charge in [0.25, 0.3) is 0 Å². The third-order valence-corrected chi connectivity index (χ3v) is 3.46. The highest BCUT2D eigenvalue weighted by molar-refractivity contribution is 5.56. The molecule has 1 atom stereocenters. The van der Waals surface area contributed by atoms with Gasteiger partial charge in [-0.1, -0.05) is 0 Å². The zero-order chi connectivity index (χ0) is 14.9. The van der Waals surface area contributed by atoms with Crippen molar-refractivity contribution in [3.05, 3.63) is 29.7 Å². The van der Waals surface area contributed by atoms with Gasteiger partial charge in [0.15, 0.2) is 11.5 Å². The molecule has 0 bridgehead atoms. The molecule has 2 aromatic heterocycles. The Morgan fingerprint density at radius 2 is 2.29 bits per heavy atom. The summed E-state index contributed by atoms with van der Waals surface area (Å²) in [6.07, 6.45) is 1.90. The van der Waals surface area contributed by atoms with Crippen LogP contribution in [0.3, 0.4) is 0 Å². The van der Waals surface area contributed by atoms with Gasteiger partial charge in [0.2, 0.25) is 0 Å². The van der Waals surface area contributed by atoms with Gasteiger partial charge in [0, 0.05) is 18.7 Å². The number of ether oxygens (including phenoxy) is 2. The normalized spacial score (nSPS) is 21.0. The van der Waals surface area contributed by atoms with Crippen molar-refractivity contribution in [1.29, 1.82) is 0 Å². The predicted octanol–water partition coefficient (Wildman–Crippen LogP) is 2.22. The van der Waals surface area contributed by atoms with E-state index in [1.54, 1.807) is 0 Å². The quantitative estimate of drug-likeness (QED) is 0.883. The van der Waals surface area contributed by atoms with Crippen LogP contribution in [-0.2, 0) is 16.0 Å². The molecule has 6 heteroatoms. The highest BCUT2D eigenvalue weighted by Gasteiger charge is 2.32. The van der Waals surface area contributed by atoms with E-state index in [0.717, 1.165) is 29.3 Å². The molecule has 6 nitrogen and oxygen atoms in total. The smallest absolute Gasteiger partial charge is 0.163 e. The second-order valence-corrected chi connectivity index (χ2v) is 5.76. The van der Waals surface area contributed by atoms with Crippen molar-refractivity contribution in [1.82, 2.24) is 15.5 Å². The van der Waals surface area contributed by atoms with Gasteiger partial charge in [0.1, 0.15) is 11.5 Å². The van der Waals surface area contributed by atoms with E-state index >= 15 is 0 Å². The fraction of sp³-hybridized carbons (Fsp3) is 0.533. The number of nitrogens with zero attached hydrogens (tertiary/aromatic N) is 1. The number of rotatable bonds is 5. The molecule has 3 rings (SSSR count). The van der Waals surface area contributed by atoms with E-state index in [1.165, 1.54) is 0 Å². The fourth-order valence-electron chi connectivity index (χ4n) is 2.46. The van der Waals surface area contributed by atoms with Crippen LogP contribution in [0.5, 0.6) is 0 Å². The minimum atomic E-state index is -0.473. The molecule has 1 unspecified atom stereocenters. The van der Waals surface area contributed by atoms with Gasteiger partial charge < -0.3 is 19.2 Å². The lowest BCUT2D eigenvalue weighted by Crippen LogP contribution is -2.30. The Bertz CT molecular complexity index is 603. The maximum absolute atomic E-state index is 5.76. The predicted molar refractivity (Wildman–Crippen MR) is 77.6 cm³/mol. The van der Waals surface area contributed by atoms with Gasteiger partial charge >= 0.3 is 0 Å². The number of aromatic nitrogens is 2. The maximum Gasteiger partial charge on any atom is 0.163 e. The maximum atomic E-state index is 5.76. The molecule has 0 radical (unpaired) electrons. The molecule has 0 aromatic carbocycles. The third kappa shape index (κ3) is 3.34. The van der Waals surface area contributed by atoms with Crippen LogP contribution in [-0.4, -0.2) is 35.2 Å². The minimum Gasteiger partial charge on any atom is -0.460 e. The molecule has 2 N–H and O–H groups in total. The second kappa shape index (κ2) is 5.63. The molecule has 0 spiro atoms. The van der Waals surface area contributed by atoms with Crippen LogP contribution in [0.15, 0.2) is 22.7 Å². The van der Waals surface area contributed by atoms with E-state index in [-0.39, 0.29) is 6.10 Å². The van der Waals surface area contributed by atoms with Crippen LogP contribution >= 0.6 is 0 Å². The van der Waals surface area contributed by atoms with Crippen molar-refractivity contribution >= 4 is 0 Å². The molecule has 114 valence electrons. The average Bonchev–Trinajstić information content (AvgIpc) is 3.10. The largest absolute Gasteiger partial charge is 0.460 e. The molecule has 0 aliphatic carbocycles. The molecule has 1 saturated heterocycles. The average molecular weight is 291 g/mol. The van der Waals surface area contributed by atoms with Gasteiger partial charge in [-0.05, 0) is 32.9 Å². The summed E-state index contributed by atoms with van der Waals surface area (Å²) in [5.41, 5.74) is 1.99. The summed E-state index contributed by atoms with van der Waals surface area (Å²) in [5.74, 6) is 1.22. The summed E-state index contributed by atoms with van der Waals surface area (Å²) in [6.45, 7) is 7.85. The first kappa shape index (κ1) is 14.3. The van der Waals surface area contributed by atoms with Gasteiger partial charge in [-0.15, -0.1) is 0 Å². The van der Waals surface area contributed by atoms with E-state index in [0.29, 0.717) is 13.2 Å². The van der Waals surface area contributed by atoms with Crippen LogP contribution in [0.25, 0.3) is 11.5 Å². The second-order valence-electron chi connectivity index (χ2n) is 5.76. The summed E-state index contributed by atoms with van der Waals surface area (Å²) >= 11 is 0. The minimum absolute atomic E-state index is 0.0845. The summed E-state index contributed by atoms with van der Waals surface area (Å²) in [4.78, 5) is 0. The molecule has 1 aliphatic rings. The molecular formula is C15H21N3O3. The van der Waals surface area contributed by atoms with Gasteiger partial charge in [-0.3, -0.25) is 5.10 Å². The number of aromatic amines is 1. The van der Waals surface area contributed by atoms with E-state index in [9.17, 15) is 0 Å². The Kier molecular flexibility index (Phi) is 3.84. The Hall–Kier alpha value is -1.63. The first-order valence-corrected chi connectivity index (χ1v) is 7.15. The van der Waals surface area contributed by atoms with Crippen molar-refractivity contribution in [2.75, 3.05) is 13.2 Å². The Morgan fingerprint density at radius 1 is 1.43 bits per heavy atom. The topological polar surface area (TPSA) is 72.3 Å². The molecule has 2 aromatic rings. The number of aryl methyl sites for hydroxylation is 1. The van der Waals surface area contributed by atoms with Crippen molar-refractivity contribution in [2.45, 2.75) is 39.2 Å². The zero-order valence-corrected chi connectivity index (χ0v) is 12.6. The standard InChI is InChI=1S/C15H21N3O3/c1-10-4-5-13(20-10)14-11(7-17-18-14)6-16-8-12-9-19-15(2,3)21-12/h4-5,7,12,16H,6,8-9H2,1-3H3,(H,17,18). The van der Waals surface area contributed by atoms with Crippen molar-refractivity contribution in [2.24, 2.45) is 0 Å². The van der Waals surface area contributed by atoms with Crippen molar-refractivity contribution < 1.29 is 13.9 Å². The highest BCUT2D eigenvalue weighted by Crippen LogP contribution is 2.24. The van der Waals surface area contributed by atoms with Crippen LogP contribution < -0.4 is 5.32 Å². The molecule has 0 saturated carbocycles. The van der Waals surface area contributed by atoms with Gasteiger partial charge in [-0.2, -0.15) is 5.10 Å². The van der Waals surface area contributed by atoms with Gasteiger partial charge in [-0.25, -0.2) is 0 Å². The molecule has 1 fully saturated rings. The number of furan rings is 1. The molecule has 0 amide bonds. The number of hydrogen-bond acceptors (Lipinski definition) is 5. The van der Waals surface area contributed by atoms with Crippen LogP contribution in [0.2, 0.25) is 0 Å². The lowest BCUT2D eigenvalue weighted by atomic mass is 10.2. The van der Waals surface area contributed by atoms with Gasteiger partial charge in [0.05, 0.1) is 18.9 Å². The summed E-state index contributed by atoms with van der Waals surface area (Å²) in [7, 11) is 0. The molecular weight excluding hydrogens is 270 g/mol. The molecule has 1 aliphatic heterocycles. The van der Waals surface area contributed by atoms with E-state index < -0.39 is 5.79 Å². The van der Waals surface area contributed by atoms with Crippen LogP contribution in [0.4, 0.5) is 0 Å². The highest BCUT2D eigenvalue weighted by atomic mass is 16.7. The monoisotopic (exact) mass is 291 g/mol. The van der Waals surface area contributed by atoms with E-state index in [4.69, 9.17) is 13.9 Å². The zero-order valence-electron chi connectivity index (χ0n) is 12.6. The van der Waals surface area contributed by atoms with Crippen molar-refractivity contribution in [3.63, 3.8) is 0 Å². The van der Waals surface area contributed by atoms with E-state index in [1.807, 2.05) is 39.1 Å². The van der Waals surface area contributed by atoms with Crippen molar-refractivity contribution in [3.8, 4) is 11.5 Å². The Labute approximate surface area is 123 Å². The first-order valence-electron chi connectivity index (χ1n) is 7.15. The number of H-pyrrole nitrogens is 1. The third-order valence-electron chi connectivity index (χ3n) is 3.46. The lowest BCUT2D eigenvalue weighted by molar-refractivity contribution is -0.137. The first-order chi connectivity index (χ1) is 10.0. The number of nitrogens with one attached hydrogen (secondary N) is 2. The summed E-state index contributed by atoms with van der Waals surface area (Å²) < 4.78 is 16.9. The lowest BCUT2D eigenvalue weighted by Gasteiger charge is -2.17. The summed E-state index contributed by atoms with van der Waals surface area (Å²) in [6, 6.07) is 3.89. The molecule has 3 heterocycles. The Balaban J connectivity index is 1.56. The van der Waals surface area contributed by atoms with E-state index in [2.05, 4.69) is 15.5 Å². The summed E-state index contributed by atoms with van der Waals surface area (Å²) in [5, 5.41) is 10.5.